The molecule has 2 aromatic rings. The molecule has 0 aliphatic rings. The Bertz CT molecular complexity index is 601. The van der Waals surface area contributed by atoms with E-state index in [0.29, 0.717) is 12.8 Å². The monoisotopic (exact) mass is 316 g/mol. The number of nitrogens with one attached hydrogen (secondary N) is 2. The Balaban J connectivity index is 1.53. The molecular formula is C15H16N4O4. The Labute approximate surface area is 132 Å². The van der Waals surface area contributed by atoms with Crippen LogP contribution in [0.3, 0.4) is 0 Å². The molecule has 2 aromatic heterocycles. The van der Waals surface area contributed by atoms with Crippen molar-refractivity contribution < 1.29 is 18.4 Å². The van der Waals surface area contributed by atoms with E-state index in [-0.39, 0.29) is 11.5 Å². The third-order valence-electron chi connectivity index (χ3n) is 2.67. The van der Waals surface area contributed by atoms with Gasteiger partial charge in [0.15, 0.2) is 11.5 Å². The molecule has 0 saturated carbocycles. The van der Waals surface area contributed by atoms with Crippen LogP contribution < -0.4 is 10.9 Å². The van der Waals surface area contributed by atoms with Crippen molar-refractivity contribution in [3.8, 4) is 0 Å². The number of unbranched alkanes of at least 4 members (excludes halogenated alkanes) is 2. The molecule has 0 saturated heterocycles. The molecular weight excluding hydrogens is 300 g/mol. The van der Waals surface area contributed by atoms with E-state index in [1.807, 2.05) is 0 Å². The predicted molar refractivity (Wildman–Crippen MR) is 83.2 cm³/mol. The molecule has 120 valence electrons. The lowest BCUT2D eigenvalue weighted by Crippen LogP contribution is -2.16. The van der Waals surface area contributed by atoms with E-state index < -0.39 is 11.8 Å². The van der Waals surface area contributed by atoms with Crippen LogP contribution in [0.1, 0.15) is 40.4 Å². The van der Waals surface area contributed by atoms with Gasteiger partial charge >= 0.3 is 11.8 Å². The minimum Gasteiger partial charge on any atom is -0.459 e. The lowest BCUT2D eigenvalue weighted by Gasteiger charge is -1.95. The summed E-state index contributed by atoms with van der Waals surface area (Å²) < 4.78 is 9.84. The summed E-state index contributed by atoms with van der Waals surface area (Å²) in [5.74, 6) is -0.370. The number of hydrazone groups is 2. The van der Waals surface area contributed by atoms with Gasteiger partial charge in [-0.25, -0.2) is 10.9 Å². The fourth-order valence-corrected chi connectivity index (χ4v) is 1.56. The summed E-state index contributed by atoms with van der Waals surface area (Å²) in [5.41, 5.74) is 4.71. The second-order valence-electron chi connectivity index (χ2n) is 4.39. The van der Waals surface area contributed by atoms with Gasteiger partial charge in [0.25, 0.3) is 0 Å². The quantitative estimate of drug-likeness (QED) is 0.442. The highest BCUT2D eigenvalue weighted by Crippen LogP contribution is 1.99. The predicted octanol–water partition coefficient (Wildman–Crippen LogP) is 2.17. The Kier molecular flexibility index (Phi) is 6.33. The van der Waals surface area contributed by atoms with Crippen molar-refractivity contribution in [3.05, 3.63) is 48.3 Å². The lowest BCUT2D eigenvalue weighted by atomic mass is 10.3. The van der Waals surface area contributed by atoms with Crippen molar-refractivity contribution in [2.24, 2.45) is 10.2 Å². The van der Waals surface area contributed by atoms with Gasteiger partial charge in [-0.1, -0.05) is 0 Å². The van der Waals surface area contributed by atoms with Crippen LogP contribution in [0.2, 0.25) is 0 Å². The third kappa shape index (κ3) is 5.62. The molecule has 2 heterocycles. The fraction of sp³-hybridized carbons (Fsp3) is 0.200. The molecule has 0 aromatic carbocycles. The minimum absolute atomic E-state index is 0.210. The van der Waals surface area contributed by atoms with E-state index in [4.69, 9.17) is 8.83 Å². The number of rotatable bonds is 8. The molecule has 2 amide bonds. The second kappa shape index (κ2) is 8.98. The van der Waals surface area contributed by atoms with Crippen LogP contribution in [0.25, 0.3) is 0 Å². The number of nitrogens with zero attached hydrogens (tertiary/aromatic N) is 2. The molecule has 23 heavy (non-hydrogen) atoms. The molecule has 0 unspecified atom stereocenters. The van der Waals surface area contributed by atoms with Gasteiger partial charge in [-0.3, -0.25) is 9.59 Å². The smallest absolute Gasteiger partial charge is 0.307 e. The molecule has 2 N–H and O–H groups in total. The normalized spacial score (nSPS) is 11.1. The molecule has 2 rings (SSSR count). The number of carbonyl (C=O) groups excluding carboxylic acids is 2. The van der Waals surface area contributed by atoms with E-state index in [1.54, 1.807) is 36.7 Å². The van der Waals surface area contributed by atoms with Crippen molar-refractivity contribution in [1.82, 2.24) is 10.9 Å². The highest BCUT2D eigenvalue weighted by Gasteiger charge is 2.06. The van der Waals surface area contributed by atoms with Gasteiger partial charge in [-0.15, -0.1) is 0 Å². The fourth-order valence-electron chi connectivity index (χ4n) is 1.56. The van der Waals surface area contributed by atoms with Gasteiger partial charge in [0.1, 0.15) is 0 Å². The molecule has 8 nitrogen and oxygen atoms in total. The van der Waals surface area contributed by atoms with Crippen molar-refractivity contribution >= 4 is 24.2 Å². The van der Waals surface area contributed by atoms with Crippen molar-refractivity contribution in [1.29, 1.82) is 0 Å². The molecule has 0 spiro atoms. The van der Waals surface area contributed by atoms with E-state index in [1.165, 1.54) is 12.5 Å². The number of furan rings is 2. The minimum atomic E-state index is -0.395. The molecule has 0 radical (unpaired) electrons. The summed E-state index contributed by atoms with van der Waals surface area (Å²) in [6.45, 7) is 0. The third-order valence-corrected chi connectivity index (χ3v) is 2.67. The van der Waals surface area contributed by atoms with Gasteiger partial charge < -0.3 is 8.83 Å². The highest BCUT2D eigenvalue weighted by molar-refractivity contribution is 5.92. The largest absolute Gasteiger partial charge is 0.459 e. The Morgan fingerprint density at radius 1 is 0.913 bits per heavy atom. The van der Waals surface area contributed by atoms with E-state index in [9.17, 15) is 9.59 Å². The van der Waals surface area contributed by atoms with E-state index >= 15 is 0 Å². The molecule has 8 heteroatoms. The van der Waals surface area contributed by atoms with Gasteiger partial charge in [-0.05, 0) is 43.5 Å². The first kappa shape index (κ1) is 16.2. The molecule has 0 atom stereocenters. The maximum absolute atomic E-state index is 11.5. The zero-order chi connectivity index (χ0) is 16.3. The number of hydrogen-bond donors (Lipinski definition) is 2. The van der Waals surface area contributed by atoms with Crippen LogP contribution in [0.15, 0.2) is 55.8 Å². The summed E-state index contributed by atoms with van der Waals surface area (Å²) in [4.78, 5) is 22.9. The van der Waals surface area contributed by atoms with Gasteiger partial charge in [0.05, 0.1) is 12.5 Å². The first-order valence-corrected chi connectivity index (χ1v) is 6.98. The number of carbonyl (C=O) groups is 2. The first-order valence-electron chi connectivity index (χ1n) is 6.98. The summed E-state index contributed by atoms with van der Waals surface area (Å²) >= 11 is 0. The maximum Gasteiger partial charge on any atom is 0.307 e. The summed E-state index contributed by atoms with van der Waals surface area (Å²) in [5, 5.41) is 7.59. The maximum atomic E-state index is 11.5. The standard InChI is InChI=1S/C15H16N4O4/c20-14(12-6-4-10-22-12)18-16-8-2-1-3-9-17-19-15(21)13-7-5-11-23-13/h4-11H,1-3H2,(H,18,20)(H,19,21)/b16-8-,17-9-. The van der Waals surface area contributed by atoms with Gasteiger partial charge in [-0.2, -0.15) is 10.2 Å². The Morgan fingerprint density at radius 2 is 1.39 bits per heavy atom. The molecule has 0 fully saturated rings. The summed E-state index contributed by atoms with van der Waals surface area (Å²) in [7, 11) is 0. The highest BCUT2D eigenvalue weighted by atomic mass is 16.3. The average Bonchev–Trinajstić information content (AvgIpc) is 3.25. The summed E-state index contributed by atoms with van der Waals surface area (Å²) in [6, 6.07) is 6.36. The van der Waals surface area contributed by atoms with Crippen LogP contribution >= 0.6 is 0 Å². The van der Waals surface area contributed by atoms with Crippen LogP contribution in [0.5, 0.6) is 0 Å². The van der Waals surface area contributed by atoms with Crippen LogP contribution in [-0.2, 0) is 0 Å². The summed E-state index contributed by atoms with van der Waals surface area (Å²) in [6.07, 6.45) is 8.13. The van der Waals surface area contributed by atoms with Gasteiger partial charge in [0, 0.05) is 12.4 Å². The Hall–Kier alpha value is -3.16. The zero-order valence-electron chi connectivity index (χ0n) is 12.3. The number of hydrogen-bond acceptors (Lipinski definition) is 6. The average molecular weight is 316 g/mol. The van der Waals surface area contributed by atoms with Crippen molar-refractivity contribution in [2.45, 2.75) is 19.3 Å². The molecule has 0 aliphatic carbocycles. The van der Waals surface area contributed by atoms with Crippen LogP contribution in [0.4, 0.5) is 0 Å². The molecule has 0 aliphatic heterocycles. The first-order chi connectivity index (χ1) is 11.3. The van der Waals surface area contributed by atoms with Crippen LogP contribution in [0, 0.1) is 0 Å². The van der Waals surface area contributed by atoms with E-state index in [0.717, 1.165) is 6.42 Å². The van der Waals surface area contributed by atoms with Crippen LogP contribution in [-0.4, -0.2) is 24.2 Å². The molecule has 0 bridgehead atoms. The topological polar surface area (TPSA) is 109 Å². The second-order valence-corrected chi connectivity index (χ2v) is 4.39. The van der Waals surface area contributed by atoms with E-state index in [2.05, 4.69) is 21.1 Å². The van der Waals surface area contributed by atoms with Crippen molar-refractivity contribution in [3.63, 3.8) is 0 Å². The van der Waals surface area contributed by atoms with Crippen molar-refractivity contribution in [2.75, 3.05) is 0 Å². The Morgan fingerprint density at radius 3 is 1.78 bits per heavy atom. The zero-order valence-corrected chi connectivity index (χ0v) is 12.3. The SMILES string of the molecule is O=C(N/N=C\CCC/C=N\NC(=O)c1ccco1)c1ccco1. The lowest BCUT2D eigenvalue weighted by molar-refractivity contribution is 0.0920. The van der Waals surface area contributed by atoms with Gasteiger partial charge in [0.2, 0.25) is 0 Å². The number of amides is 2.